The summed E-state index contributed by atoms with van der Waals surface area (Å²) in [6, 6.07) is 3.20. The van der Waals surface area contributed by atoms with Gasteiger partial charge in [-0.25, -0.2) is 0 Å². The van der Waals surface area contributed by atoms with E-state index in [1.165, 1.54) is 6.21 Å². The molecule has 0 spiro atoms. The fraction of sp³-hybridized carbons (Fsp3) is 0.400. The van der Waals surface area contributed by atoms with Gasteiger partial charge in [0.2, 0.25) is 0 Å². The molecule has 0 aliphatic rings. The van der Waals surface area contributed by atoms with Gasteiger partial charge in [-0.1, -0.05) is 11.6 Å². The highest BCUT2D eigenvalue weighted by atomic mass is 35.5. The summed E-state index contributed by atoms with van der Waals surface area (Å²) in [6.07, 6.45) is 1.32. The minimum atomic E-state index is -1.19. The first-order valence-electron chi connectivity index (χ1n) is 7.19. The van der Waals surface area contributed by atoms with Crippen molar-refractivity contribution in [2.45, 2.75) is 13.8 Å². The van der Waals surface area contributed by atoms with Gasteiger partial charge >= 0.3 is 11.9 Å². The van der Waals surface area contributed by atoms with Gasteiger partial charge in [-0.15, -0.1) is 0 Å². The topological polar surface area (TPSA) is 109 Å². The molecule has 0 amide bonds. The Morgan fingerprint density at radius 2 is 1.75 bits per heavy atom. The number of aliphatic carboxylic acids is 2. The Bertz CT molecular complexity index is 604. The molecule has 2 N–H and O–H groups in total. The molecule has 1 aromatic rings. The van der Waals surface area contributed by atoms with Crippen LogP contribution >= 0.6 is 11.6 Å². The van der Waals surface area contributed by atoms with Crippen molar-refractivity contribution in [2.75, 3.05) is 26.3 Å². The molecule has 8 nitrogen and oxygen atoms in total. The van der Waals surface area contributed by atoms with Crippen molar-refractivity contribution in [3.63, 3.8) is 0 Å². The molecule has 132 valence electrons. The molecule has 0 aliphatic heterocycles. The molecule has 0 unspecified atom stereocenters. The summed E-state index contributed by atoms with van der Waals surface area (Å²) in [4.78, 5) is 21.5. The average molecular weight is 359 g/mol. The van der Waals surface area contributed by atoms with Crippen molar-refractivity contribution in [3.8, 4) is 11.5 Å². The molecular weight excluding hydrogens is 340 g/mol. The van der Waals surface area contributed by atoms with Gasteiger partial charge < -0.3 is 19.7 Å². The number of hydrazone groups is 1. The minimum Gasteiger partial charge on any atom is -0.490 e. The number of benzene rings is 1. The lowest BCUT2D eigenvalue weighted by Gasteiger charge is -2.15. The van der Waals surface area contributed by atoms with Crippen LogP contribution in [0.1, 0.15) is 19.4 Å². The van der Waals surface area contributed by atoms with Crippen LogP contribution in [0.4, 0.5) is 0 Å². The summed E-state index contributed by atoms with van der Waals surface area (Å²) in [5.41, 5.74) is 0.521. The number of ether oxygens (including phenoxy) is 2. The number of carboxylic acid groups (broad SMARTS) is 2. The van der Waals surface area contributed by atoms with Crippen LogP contribution < -0.4 is 9.47 Å². The second-order valence-electron chi connectivity index (χ2n) is 4.55. The lowest BCUT2D eigenvalue weighted by Crippen LogP contribution is -2.30. The first-order valence-corrected chi connectivity index (χ1v) is 7.56. The van der Waals surface area contributed by atoms with Crippen molar-refractivity contribution >= 4 is 29.8 Å². The van der Waals surface area contributed by atoms with Crippen LogP contribution in [-0.2, 0) is 9.59 Å². The number of hydrogen-bond donors (Lipinski definition) is 2. The van der Waals surface area contributed by atoms with Crippen LogP contribution in [0.2, 0.25) is 5.02 Å². The summed E-state index contributed by atoms with van der Waals surface area (Å²) in [5, 5.41) is 22.7. The van der Waals surface area contributed by atoms with E-state index in [1.54, 1.807) is 12.1 Å². The highest BCUT2D eigenvalue weighted by Crippen LogP contribution is 2.36. The molecule has 0 saturated carbocycles. The quantitative estimate of drug-likeness (QED) is 0.486. The largest absolute Gasteiger partial charge is 0.490 e. The van der Waals surface area contributed by atoms with Gasteiger partial charge in [-0.3, -0.25) is 14.6 Å². The number of halogens is 1. The molecule has 0 saturated heterocycles. The summed E-state index contributed by atoms with van der Waals surface area (Å²) in [7, 11) is 0. The third kappa shape index (κ3) is 6.33. The number of carbonyl (C=O) groups is 2. The van der Waals surface area contributed by atoms with Gasteiger partial charge in [-0.05, 0) is 31.5 Å². The smallest absolute Gasteiger partial charge is 0.324 e. The summed E-state index contributed by atoms with van der Waals surface area (Å²) >= 11 is 6.16. The van der Waals surface area contributed by atoms with Gasteiger partial charge in [0.05, 0.1) is 24.5 Å². The first-order chi connectivity index (χ1) is 11.4. The molecular formula is C15H19ClN2O6. The molecule has 0 heterocycles. The van der Waals surface area contributed by atoms with E-state index in [0.29, 0.717) is 35.3 Å². The Hall–Kier alpha value is -2.48. The molecule has 1 rings (SSSR count). The van der Waals surface area contributed by atoms with E-state index in [4.69, 9.17) is 31.3 Å². The Labute approximate surface area is 144 Å². The SMILES string of the molecule is CCOc1cc(/C=N\N(CC(=O)O)CC(=O)O)cc(Cl)c1OCC. The van der Waals surface area contributed by atoms with Gasteiger partial charge in [0.1, 0.15) is 13.1 Å². The number of nitrogens with zero attached hydrogens (tertiary/aromatic N) is 2. The van der Waals surface area contributed by atoms with Gasteiger partial charge in [-0.2, -0.15) is 5.10 Å². The van der Waals surface area contributed by atoms with Gasteiger partial charge in [0.15, 0.2) is 11.5 Å². The Kier molecular flexibility index (Phi) is 7.84. The van der Waals surface area contributed by atoms with E-state index >= 15 is 0 Å². The van der Waals surface area contributed by atoms with Crippen LogP contribution in [-0.4, -0.2) is 59.7 Å². The first kappa shape index (κ1) is 19.6. The molecule has 1 aromatic carbocycles. The summed E-state index contributed by atoms with van der Waals surface area (Å²) < 4.78 is 10.9. The maximum absolute atomic E-state index is 10.7. The maximum atomic E-state index is 10.7. The zero-order valence-corrected chi connectivity index (χ0v) is 14.1. The maximum Gasteiger partial charge on any atom is 0.324 e. The zero-order chi connectivity index (χ0) is 18.1. The second kappa shape index (κ2) is 9.61. The van der Waals surface area contributed by atoms with Crippen molar-refractivity contribution < 1.29 is 29.3 Å². The van der Waals surface area contributed by atoms with E-state index < -0.39 is 25.0 Å². The van der Waals surface area contributed by atoms with E-state index in [9.17, 15) is 9.59 Å². The lowest BCUT2D eigenvalue weighted by molar-refractivity contribution is -0.141. The van der Waals surface area contributed by atoms with Crippen molar-refractivity contribution in [3.05, 3.63) is 22.7 Å². The van der Waals surface area contributed by atoms with Crippen molar-refractivity contribution in [1.82, 2.24) is 5.01 Å². The predicted octanol–water partition coefficient (Wildman–Crippen LogP) is 1.94. The third-order valence-corrected chi connectivity index (χ3v) is 2.91. The fourth-order valence-corrected chi connectivity index (χ4v) is 2.08. The van der Waals surface area contributed by atoms with Crippen LogP contribution in [0.25, 0.3) is 0 Å². The minimum absolute atomic E-state index is 0.312. The molecule has 0 atom stereocenters. The second-order valence-corrected chi connectivity index (χ2v) is 4.96. The highest BCUT2D eigenvalue weighted by Gasteiger charge is 2.13. The molecule has 0 bridgehead atoms. The molecule has 0 aromatic heterocycles. The van der Waals surface area contributed by atoms with Crippen LogP contribution in [0.5, 0.6) is 11.5 Å². The number of carboxylic acids is 2. The lowest BCUT2D eigenvalue weighted by atomic mass is 10.2. The zero-order valence-electron chi connectivity index (χ0n) is 13.4. The van der Waals surface area contributed by atoms with Crippen LogP contribution in [0.15, 0.2) is 17.2 Å². The van der Waals surface area contributed by atoms with Gasteiger partial charge in [0.25, 0.3) is 0 Å². The van der Waals surface area contributed by atoms with Gasteiger partial charge in [0, 0.05) is 0 Å². The number of rotatable bonds is 10. The monoisotopic (exact) mass is 358 g/mol. The Morgan fingerprint density at radius 1 is 1.17 bits per heavy atom. The van der Waals surface area contributed by atoms with Crippen LogP contribution in [0.3, 0.4) is 0 Å². The fourth-order valence-electron chi connectivity index (χ4n) is 1.81. The van der Waals surface area contributed by atoms with Crippen molar-refractivity contribution in [1.29, 1.82) is 0 Å². The van der Waals surface area contributed by atoms with E-state index in [2.05, 4.69) is 5.10 Å². The summed E-state index contributed by atoms with van der Waals surface area (Å²) in [5.74, 6) is -1.54. The molecule has 0 radical (unpaired) electrons. The molecule has 0 fully saturated rings. The molecule has 9 heteroatoms. The standard InChI is InChI=1S/C15H19ClN2O6/c1-3-23-12-6-10(5-11(16)15(12)24-4-2)7-17-18(8-13(19)20)9-14(21)22/h5-7H,3-4,8-9H2,1-2H3,(H,19,20)(H,21,22)/b17-7-. The van der Waals surface area contributed by atoms with Crippen LogP contribution in [0, 0.1) is 0 Å². The Morgan fingerprint density at radius 3 is 2.25 bits per heavy atom. The van der Waals surface area contributed by atoms with E-state index in [1.807, 2.05) is 13.8 Å². The van der Waals surface area contributed by atoms with E-state index in [-0.39, 0.29) is 0 Å². The molecule has 24 heavy (non-hydrogen) atoms. The molecule has 0 aliphatic carbocycles. The summed E-state index contributed by atoms with van der Waals surface area (Å²) in [6.45, 7) is 3.38. The van der Waals surface area contributed by atoms with E-state index in [0.717, 1.165) is 5.01 Å². The Balaban J connectivity index is 3.06. The average Bonchev–Trinajstić information content (AvgIpc) is 2.47. The predicted molar refractivity (Wildman–Crippen MR) is 88.2 cm³/mol. The highest BCUT2D eigenvalue weighted by molar-refractivity contribution is 6.32. The number of hydrogen-bond acceptors (Lipinski definition) is 6. The third-order valence-electron chi connectivity index (χ3n) is 2.63. The van der Waals surface area contributed by atoms with Crippen molar-refractivity contribution in [2.24, 2.45) is 5.10 Å². The normalized spacial score (nSPS) is 10.6.